The van der Waals surface area contributed by atoms with Crippen LogP contribution in [0.3, 0.4) is 0 Å². The third-order valence-electron chi connectivity index (χ3n) is 3.25. The highest BCUT2D eigenvalue weighted by Crippen LogP contribution is 2.20. The van der Waals surface area contributed by atoms with Crippen LogP contribution in [0.5, 0.6) is 0 Å². The minimum absolute atomic E-state index is 0.660. The minimum Gasteiger partial charge on any atom is -0.383 e. The van der Waals surface area contributed by atoms with Gasteiger partial charge in [0, 0.05) is 49.9 Å². The maximum absolute atomic E-state index is 5.21. The van der Waals surface area contributed by atoms with Crippen molar-refractivity contribution in [2.45, 2.75) is 34.2 Å². The van der Waals surface area contributed by atoms with Gasteiger partial charge in [-0.2, -0.15) is 0 Å². The van der Waals surface area contributed by atoms with Crippen LogP contribution in [-0.4, -0.2) is 38.3 Å². The van der Waals surface area contributed by atoms with Gasteiger partial charge in [-0.25, -0.2) is 0 Å². The first-order valence-corrected chi connectivity index (χ1v) is 7.48. The molecule has 0 saturated carbocycles. The number of likely N-dealkylation sites (N-methyl/N-ethyl adjacent to an activating group) is 1. The second-order valence-electron chi connectivity index (χ2n) is 5.55. The number of anilines is 1. The summed E-state index contributed by atoms with van der Waals surface area (Å²) < 4.78 is 5.21. The van der Waals surface area contributed by atoms with Gasteiger partial charge < -0.3 is 15.0 Å². The van der Waals surface area contributed by atoms with Crippen LogP contribution in [0.1, 0.15) is 32.0 Å². The molecule has 0 radical (unpaired) electrons. The normalized spacial score (nSPS) is 11.1. The van der Waals surface area contributed by atoms with Crippen molar-refractivity contribution in [3.8, 4) is 0 Å². The van der Waals surface area contributed by atoms with Crippen LogP contribution in [0.15, 0.2) is 12.3 Å². The summed E-state index contributed by atoms with van der Waals surface area (Å²) in [6.45, 7) is 13.2. The Kier molecular flexibility index (Phi) is 7.55. The Morgan fingerprint density at radius 1 is 1.40 bits per heavy atom. The molecule has 114 valence electrons. The Hall–Kier alpha value is -1.13. The summed E-state index contributed by atoms with van der Waals surface area (Å²) in [5.41, 5.74) is 3.59. The molecule has 4 nitrogen and oxygen atoms in total. The van der Waals surface area contributed by atoms with Crippen molar-refractivity contribution < 1.29 is 4.74 Å². The van der Waals surface area contributed by atoms with Crippen LogP contribution >= 0.6 is 0 Å². The number of hydrogen-bond donors (Lipinski definition) is 1. The predicted octanol–water partition coefficient (Wildman–Crippen LogP) is 2.61. The van der Waals surface area contributed by atoms with E-state index in [0.717, 1.165) is 38.5 Å². The molecule has 20 heavy (non-hydrogen) atoms. The van der Waals surface area contributed by atoms with Gasteiger partial charge >= 0.3 is 0 Å². The summed E-state index contributed by atoms with van der Waals surface area (Å²) in [5, 5.41) is 3.50. The monoisotopic (exact) mass is 279 g/mol. The lowest BCUT2D eigenvalue weighted by molar-refractivity contribution is 0.205. The third kappa shape index (κ3) is 5.47. The van der Waals surface area contributed by atoms with Gasteiger partial charge in [-0.15, -0.1) is 0 Å². The van der Waals surface area contributed by atoms with Crippen molar-refractivity contribution in [3.63, 3.8) is 0 Å². The second-order valence-corrected chi connectivity index (χ2v) is 5.55. The van der Waals surface area contributed by atoms with Crippen LogP contribution in [0.4, 0.5) is 5.69 Å². The molecular formula is C16H29N3O. The highest BCUT2D eigenvalue weighted by Gasteiger charge is 2.10. The standard InChI is InChI=1S/C16H29N3O/c1-6-19(7-8-20-5)16-9-14(4)18-12-15(16)11-17-10-13(2)3/h9,12-13,17H,6-8,10-11H2,1-5H3. The molecule has 1 N–H and O–H groups in total. The summed E-state index contributed by atoms with van der Waals surface area (Å²) in [6, 6.07) is 2.17. The van der Waals surface area contributed by atoms with E-state index in [1.54, 1.807) is 7.11 Å². The van der Waals surface area contributed by atoms with Crippen LogP contribution in [0.2, 0.25) is 0 Å². The van der Waals surface area contributed by atoms with Gasteiger partial charge in [0.1, 0.15) is 0 Å². The van der Waals surface area contributed by atoms with E-state index in [1.165, 1.54) is 11.3 Å². The fourth-order valence-electron chi connectivity index (χ4n) is 2.15. The lowest BCUT2D eigenvalue weighted by atomic mass is 10.1. The summed E-state index contributed by atoms with van der Waals surface area (Å²) in [7, 11) is 1.75. The van der Waals surface area contributed by atoms with E-state index in [0.29, 0.717) is 5.92 Å². The number of ether oxygens (including phenoxy) is 1. The van der Waals surface area contributed by atoms with E-state index in [2.05, 4.69) is 42.0 Å². The highest BCUT2D eigenvalue weighted by atomic mass is 16.5. The van der Waals surface area contributed by atoms with Gasteiger partial charge in [0.05, 0.1) is 6.61 Å². The van der Waals surface area contributed by atoms with E-state index in [9.17, 15) is 0 Å². The number of nitrogens with one attached hydrogen (secondary N) is 1. The lowest BCUT2D eigenvalue weighted by Gasteiger charge is -2.26. The number of nitrogens with zero attached hydrogens (tertiary/aromatic N) is 2. The number of pyridine rings is 1. The van der Waals surface area contributed by atoms with Crippen molar-refractivity contribution in [2.75, 3.05) is 38.3 Å². The van der Waals surface area contributed by atoms with Gasteiger partial charge in [0.25, 0.3) is 0 Å². The van der Waals surface area contributed by atoms with Gasteiger partial charge in [-0.1, -0.05) is 13.8 Å². The zero-order valence-electron chi connectivity index (χ0n) is 13.6. The lowest BCUT2D eigenvalue weighted by Crippen LogP contribution is -2.29. The van der Waals surface area contributed by atoms with Crippen molar-refractivity contribution in [3.05, 3.63) is 23.5 Å². The molecule has 0 aliphatic carbocycles. The van der Waals surface area contributed by atoms with E-state index >= 15 is 0 Å². The van der Waals surface area contributed by atoms with Crippen LogP contribution < -0.4 is 10.2 Å². The predicted molar refractivity (Wildman–Crippen MR) is 85.3 cm³/mol. The van der Waals surface area contributed by atoms with Crippen LogP contribution in [0, 0.1) is 12.8 Å². The zero-order valence-corrected chi connectivity index (χ0v) is 13.6. The smallest absolute Gasteiger partial charge is 0.0637 e. The Balaban J connectivity index is 2.82. The first kappa shape index (κ1) is 16.9. The molecule has 1 rings (SSSR count). The van der Waals surface area contributed by atoms with E-state index < -0.39 is 0 Å². The van der Waals surface area contributed by atoms with Gasteiger partial charge in [0.2, 0.25) is 0 Å². The quantitative estimate of drug-likeness (QED) is 0.754. The molecule has 0 saturated heterocycles. The van der Waals surface area contributed by atoms with Gasteiger partial charge in [0.15, 0.2) is 0 Å². The number of hydrogen-bond acceptors (Lipinski definition) is 4. The van der Waals surface area contributed by atoms with Crippen molar-refractivity contribution in [1.29, 1.82) is 0 Å². The van der Waals surface area contributed by atoms with E-state index in [-0.39, 0.29) is 0 Å². The number of rotatable bonds is 9. The molecule has 0 aliphatic heterocycles. The van der Waals surface area contributed by atoms with E-state index in [4.69, 9.17) is 4.74 Å². The van der Waals surface area contributed by atoms with Crippen molar-refractivity contribution >= 4 is 5.69 Å². The zero-order chi connectivity index (χ0) is 15.0. The molecule has 0 aromatic carbocycles. The summed E-state index contributed by atoms with van der Waals surface area (Å²) in [5.74, 6) is 0.660. The molecule has 1 aromatic rings. The minimum atomic E-state index is 0.660. The molecule has 0 spiro atoms. The molecule has 0 aliphatic rings. The molecule has 0 unspecified atom stereocenters. The SMILES string of the molecule is CCN(CCOC)c1cc(C)ncc1CNCC(C)C. The maximum atomic E-state index is 5.21. The maximum Gasteiger partial charge on any atom is 0.0637 e. The average molecular weight is 279 g/mol. The highest BCUT2D eigenvalue weighted by molar-refractivity contribution is 5.53. The first-order valence-electron chi connectivity index (χ1n) is 7.48. The molecule has 4 heteroatoms. The van der Waals surface area contributed by atoms with Crippen molar-refractivity contribution in [1.82, 2.24) is 10.3 Å². The number of aryl methyl sites for hydroxylation is 1. The Bertz CT molecular complexity index is 393. The molecular weight excluding hydrogens is 250 g/mol. The number of methoxy groups -OCH3 is 1. The number of aromatic nitrogens is 1. The fraction of sp³-hybridized carbons (Fsp3) is 0.688. The molecule has 0 amide bonds. The Morgan fingerprint density at radius 2 is 2.15 bits per heavy atom. The Morgan fingerprint density at radius 3 is 2.75 bits per heavy atom. The first-order chi connectivity index (χ1) is 9.58. The molecule has 1 heterocycles. The van der Waals surface area contributed by atoms with Gasteiger partial charge in [-0.3, -0.25) is 4.98 Å². The fourth-order valence-corrected chi connectivity index (χ4v) is 2.15. The summed E-state index contributed by atoms with van der Waals surface area (Å²) in [6.07, 6.45) is 1.99. The van der Waals surface area contributed by atoms with Crippen LogP contribution in [0.25, 0.3) is 0 Å². The summed E-state index contributed by atoms with van der Waals surface area (Å²) in [4.78, 5) is 6.79. The topological polar surface area (TPSA) is 37.4 Å². The van der Waals surface area contributed by atoms with Gasteiger partial charge in [-0.05, 0) is 32.4 Å². The van der Waals surface area contributed by atoms with E-state index in [1.807, 2.05) is 13.1 Å². The molecule has 1 aromatic heterocycles. The second kappa shape index (κ2) is 8.93. The average Bonchev–Trinajstić information content (AvgIpc) is 2.41. The largest absolute Gasteiger partial charge is 0.383 e. The van der Waals surface area contributed by atoms with Crippen molar-refractivity contribution in [2.24, 2.45) is 5.92 Å². The molecule has 0 bridgehead atoms. The third-order valence-corrected chi connectivity index (χ3v) is 3.25. The molecule has 0 atom stereocenters. The Labute approximate surface area is 123 Å². The molecule has 0 fully saturated rings. The summed E-state index contributed by atoms with van der Waals surface area (Å²) >= 11 is 0. The van der Waals surface area contributed by atoms with Crippen LogP contribution in [-0.2, 0) is 11.3 Å².